The second kappa shape index (κ2) is 6.38. The largest absolute Gasteiger partial charge is 0.493 e. The van der Waals surface area contributed by atoms with E-state index < -0.39 is 0 Å². The average Bonchev–Trinajstić information content (AvgIpc) is 2.46. The Bertz CT molecular complexity index is 579. The van der Waals surface area contributed by atoms with Crippen molar-refractivity contribution in [2.24, 2.45) is 4.99 Å². The van der Waals surface area contributed by atoms with E-state index in [1.54, 1.807) is 20.4 Å². The molecule has 0 fully saturated rings. The highest BCUT2D eigenvalue weighted by atomic mass is 79.9. The summed E-state index contributed by atoms with van der Waals surface area (Å²) in [5.41, 5.74) is 1.76. The zero-order valence-corrected chi connectivity index (χ0v) is 12.3. The van der Waals surface area contributed by atoms with Gasteiger partial charge in [-0.25, -0.2) is 0 Å². The highest BCUT2D eigenvalue weighted by Crippen LogP contribution is 2.29. The minimum Gasteiger partial charge on any atom is -0.493 e. The number of ether oxygens (including phenoxy) is 2. The Hall–Kier alpha value is -1.81. The lowest BCUT2D eigenvalue weighted by atomic mass is 10.2. The summed E-state index contributed by atoms with van der Waals surface area (Å²) in [6, 6.07) is 13.5. The van der Waals surface area contributed by atoms with E-state index in [0.717, 1.165) is 15.7 Å². The maximum absolute atomic E-state index is 5.35. The van der Waals surface area contributed by atoms with Crippen molar-refractivity contribution < 1.29 is 9.47 Å². The predicted octanol–water partition coefficient (Wildman–Crippen LogP) is 4.22. The van der Waals surface area contributed by atoms with Crippen LogP contribution in [0.1, 0.15) is 5.56 Å². The fraction of sp³-hybridized carbons (Fsp3) is 0.133. The number of nitrogens with zero attached hydrogens (tertiary/aromatic N) is 1. The van der Waals surface area contributed by atoms with Crippen LogP contribution in [0.15, 0.2) is 51.9 Å². The Morgan fingerprint density at radius 1 is 1.00 bits per heavy atom. The number of para-hydroxylation sites is 1. The monoisotopic (exact) mass is 319 g/mol. The van der Waals surface area contributed by atoms with Crippen molar-refractivity contribution in [1.82, 2.24) is 0 Å². The van der Waals surface area contributed by atoms with Crippen LogP contribution in [-0.4, -0.2) is 20.4 Å². The van der Waals surface area contributed by atoms with Gasteiger partial charge in [-0.05, 0) is 36.4 Å². The molecule has 2 aromatic rings. The molecule has 3 nitrogen and oxygen atoms in total. The molecule has 0 saturated heterocycles. The third kappa shape index (κ3) is 3.35. The first-order chi connectivity index (χ1) is 9.24. The summed E-state index contributed by atoms with van der Waals surface area (Å²) in [4.78, 5) is 4.42. The molecule has 0 atom stereocenters. The molecule has 0 heterocycles. The lowest BCUT2D eigenvalue weighted by molar-refractivity contribution is 0.354. The molecule has 4 heteroatoms. The van der Waals surface area contributed by atoms with Gasteiger partial charge in [0, 0.05) is 16.3 Å². The van der Waals surface area contributed by atoms with Gasteiger partial charge in [0.15, 0.2) is 11.5 Å². The zero-order chi connectivity index (χ0) is 13.7. The molecule has 98 valence electrons. The van der Waals surface area contributed by atoms with Crippen LogP contribution in [0.5, 0.6) is 11.5 Å². The molecule has 0 radical (unpaired) electrons. The molecule has 0 amide bonds. The molecular weight excluding hydrogens is 306 g/mol. The Morgan fingerprint density at radius 2 is 1.74 bits per heavy atom. The number of rotatable bonds is 4. The van der Waals surface area contributed by atoms with Crippen molar-refractivity contribution in [2.45, 2.75) is 0 Å². The molecule has 0 N–H and O–H groups in total. The minimum atomic E-state index is 0.686. The lowest BCUT2D eigenvalue weighted by Crippen LogP contribution is -1.94. The van der Waals surface area contributed by atoms with Crippen molar-refractivity contribution in [3.63, 3.8) is 0 Å². The molecule has 0 aromatic heterocycles. The number of hydrogen-bond acceptors (Lipinski definition) is 3. The number of methoxy groups -OCH3 is 2. The standard InChI is InChI=1S/C15H14BrNO2/c1-18-14-5-3-4-11(15(14)19-2)10-17-13-8-6-12(16)7-9-13/h3-10H,1-2H3. The molecule has 0 bridgehead atoms. The fourth-order valence-electron chi connectivity index (χ4n) is 1.68. The summed E-state index contributed by atoms with van der Waals surface area (Å²) in [6.07, 6.45) is 1.77. The van der Waals surface area contributed by atoms with E-state index in [-0.39, 0.29) is 0 Å². The Labute approximate surface area is 121 Å². The fourth-order valence-corrected chi connectivity index (χ4v) is 1.95. The molecule has 0 aliphatic carbocycles. The maximum Gasteiger partial charge on any atom is 0.169 e. The van der Waals surface area contributed by atoms with Crippen LogP contribution in [0.25, 0.3) is 0 Å². The molecule has 2 rings (SSSR count). The highest BCUT2D eigenvalue weighted by Gasteiger charge is 2.06. The smallest absolute Gasteiger partial charge is 0.169 e. The van der Waals surface area contributed by atoms with E-state index in [4.69, 9.17) is 9.47 Å². The summed E-state index contributed by atoms with van der Waals surface area (Å²) in [5, 5.41) is 0. The molecule has 19 heavy (non-hydrogen) atoms. The summed E-state index contributed by atoms with van der Waals surface area (Å²) >= 11 is 3.39. The normalized spacial score (nSPS) is 10.7. The summed E-state index contributed by atoms with van der Waals surface area (Å²) < 4.78 is 11.6. The Kier molecular flexibility index (Phi) is 4.58. The molecule has 0 spiro atoms. The first-order valence-corrected chi connectivity index (χ1v) is 6.54. The molecule has 2 aromatic carbocycles. The van der Waals surface area contributed by atoms with E-state index >= 15 is 0 Å². The van der Waals surface area contributed by atoms with Crippen LogP contribution < -0.4 is 9.47 Å². The number of halogens is 1. The first kappa shape index (κ1) is 13.6. The SMILES string of the molecule is COc1cccc(C=Nc2ccc(Br)cc2)c1OC. The first-order valence-electron chi connectivity index (χ1n) is 5.75. The maximum atomic E-state index is 5.35. The summed E-state index contributed by atoms with van der Waals surface area (Å²) in [5.74, 6) is 1.38. The van der Waals surface area contributed by atoms with Gasteiger partial charge in [-0.2, -0.15) is 0 Å². The van der Waals surface area contributed by atoms with Crippen molar-refractivity contribution in [3.8, 4) is 11.5 Å². The van der Waals surface area contributed by atoms with Gasteiger partial charge < -0.3 is 9.47 Å². The third-order valence-corrected chi connectivity index (χ3v) is 3.14. The minimum absolute atomic E-state index is 0.686. The van der Waals surface area contributed by atoms with Gasteiger partial charge in [-0.1, -0.05) is 22.0 Å². The molecule has 0 saturated carbocycles. The highest BCUT2D eigenvalue weighted by molar-refractivity contribution is 9.10. The third-order valence-electron chi connectivity index (χ3n) is 2.61. The van der Waals surface area contributed by atoms with Crippen LogP contribution in [0.2, 0.25) is 0 Å². The van der Waals surface area contributed by atoms with E-state index in [0.29, 0.717) is 11.5 Å². The zero-order valence-electron chi connectivity index (χ0n) is 10.8. The number of hydrogen-bond donors (Lipinski definition) is 0. The van der Waals surface area contributed by atoms with E-state index in [1.165, 1.54) is 0 Å². The van der Waals surface area contributed by atoms with Gasteiger partial charge in [0.25, 0.3) is 0 Å². The van der Waals surface area contributed by atoms with Gasteiger partial charge in [0.2, 0.25) is 0 Å². The van der Waals surface area contributed by atoms with E-state index in [2.05, 4.69) is 20.9 Å². The lowest BCUT2D eigenvalue weighted by Gasteiger charge is -2.09. The van der Waals surface area contributed by atoms with E-state index in [1.807, 2.05) is 42.5 Å². The van der Waals surface area contributed by atoms with Crippen LogP contribution in [0.4, 0.5) is 5.69 Å². The molecule has 0 unspecified atom stereocenters. The molecular formula is C15H14BrNO2. The van der Waals surface area contributed by atoms with Gasteiger partial charge in [0.05, 0.1) is 19.9 Å². The van der Waals surface area contributed by atoms with Crippen LogP contribution in [0, 0.1) is 0 Å². The van der Waals surface area contributed by atoms with Crippen LogP contribution in [-0.2, 0) is 0 Å². The Morgan fingerprint density at radius 3 is 2.37 bits per heavy atom. The van der Waals surface area contributed by atoms with Crippen LogP contribution >= 0.6 is 15.9 Å². The summed E-state index contributed by atoms with van der Waals surface area (Å²) in [7, 11) is 3.24. The van der Waals surface area contributed by atoms with Gasteiger partial charge in [-0.15, -0.1) is 0 Å². The van der Waals surface area contributed by atoms with Crippen LogP contribution in [0.3, 0.4) is 0 Å². The Balaban J connectivity index is 2.30. The number of benzene rings is 2. The van der Waals surface area contributed by atoms with Gasteiger partial charge >= 0.3 is 0 Å². The molecule has 0 aliphatic rings. The summed E-state index contributed by atoms with van der Waals surface area (Å²) in [6.45, 7) is 0. The second-order valence-corrected chi connectivity index (χ2v) is 4.73. The van der Waals surface area contributed by atoms with Crippen molar-refractivity contribution in [1.29, 1.82) is 0 Å². The van der Waals surface area contributed by atoms with Gasteiger partial charge in [0.1, 0.15) is 0 Å². The molecule has 0 aliphatic heterocycles. The topological polar surface area (TPSA) is 30.8 Å². The van der Waals surface area contributed by atoms with Crippen molar-refractivity contribution in [2.75, 3.05) is 14.2 Å². The quantitative estimate of drug-likeness (QED) is 0.790. The second-order valence-electron chi connectivity index (χ2n) is 3.82. The predicted molar refractivity (Wildman–Crippen MR) is 80.9 cm³/mol. The van der Waals surface area contributed by atoms with Crippen molar-refractivity contribution >= 4 is 27.8 Å². The number of aliphatic imine (C=N–C) groups is 1. The van der Waals surface area contributed by atoms with Gasteiger partial charge in [-0.3, -0.25) is 4.99 Å². The van der Waals surface area contributed by atoms with E-state index in [9.17, 15) is 0 Å². The van der Waals surface area contributed by atoms with Crippen molar-refractivity contribution in [3.05, 3.63) is 52.5 Å². The average molecular weight is 320 g/mol.